The molecule has 0 saturated carbocycles. The normalized spacial score (nSPS) is 18.5. The van der Waals surface area contributed by atoms with E-state index in [2.05, 4.69) is 0 Å². The quantitative estimate of drug-likeness (QED) is 0.366. The summed E-state index contributed by atoms with van der Waals surface area (Å²) < 4.78 is 30.7. The Bertz CT molecular complexity index is 1170. The summed E-state index contributed by atoms with van der Waals surface area (Å²) in [6, 6.07) is 10.5. The van der Waals surface area contributed by atoms with Crippen molar-refractivity contribution in [3.8, 4) is 5.75 Å². The van der Waals surface area contributed by atoms with Crippen LogP contribution in [-0.2, 0) is 24.3 Å². The highest BCUT2D eigenvalue weighted by molar-refractivity contribution is 7.89. The van der Waals surface area contributed by atoms with Crippen molar-refractivity contribution in [2.75, 3.05) is 34.4 Å². The van der Waals surface area contributed by atoms with Crippen molar-refractivity contribution in [3.05, 3.63) is 65.2 Å². The molecule has 0 bridgehead atoms. The zero-order valence-corrected chi connectivity index (χ0v) is 18.7. The van der Waals surface area contributed by atoms with Gasteiger partial charge in [-0.15, -0.1) is 0 Å². The lowest BCUT2D eigenvalue weighted by Crippen LogP contribution is -2.32. The predicted molar refractivity (Wildman–Crippen MR) is 116 cm³/mol. The smallest absolute Gasteiger partial charge is 0.295 e. The maximum absolute atomic E-state index is 12.9. The zero-order chi connectivity index (χ0) is 23.6. The van der Waals surface area contributed by atoms with Crippen molar-refractivity contribution in [1.29, 1.82) is 0 Å². The van der Waals surface area contributed by atoms with Crippen molar-refractivity contribution in [1.82, 2.24) is 9.21 Å². The molecule has 0 unspecified atom stereocenters. The molecule has 1 heterocycles. The van der Waals surface area contributed by atoms with E-state index in [0.717, 1.165) is 4.31 Å². The van der Waals surface area contributed by atoms with Gasteiger partial charge in [0.15, 0.2) is 0 Å². The number of rotatable bonds is 7. The van der Waals surface area contributed by atoms with Crippen molar-refractivity contribution < 1.29 is 33.0 Å². The molecular weight excluding hydrogens is 436 g/mol. The van der Waals surface area contributed by atoms with Gasteiger partial charge in [0.2, 0.25) is 10.0 Å². The van der Waals surface area contributed by atoms with Crippen molar-refractivity contribution in [2.45, 2.75) is 10.9 Å². The van der Waals surface area contributed by atoms with E-state index in [4.69, 9.17) is 4.74 Å². The van der Waals surface area contributed by atoms with Gasteiger partial charge in [0.1, 0.15) is 11.5 Å². The van der Waals surface area contributed by atoms with Gasteiger partial charge in [-0.2, -0.15) is 0 Å². The molecule has 3 rings (SSSR count). The third-order valence-corrected chi connectivity index (χ3v) is 7.00. The number of ketones is 1. The van der Waals surface area contributed by atoms with Gasteiger partial charge in [-0.25, -0.2) is 12.7 Å². The number of aliphatic hydroxyl groups is 1. The number of phenols is 1. The molecule has 2 aromatic rings. The highest BCUT2D eigenvalue weighted by Crippen LogP contribution is 2.40. The standard InChI is InChI=1S/C22H24N2O7S/c1-23(2)32(29,30)17-9-7-14(8-10-17)20(26)18-19(15-5-4-6-16(25)13-15)24(11-12-31-3)22(28)21(18)27/h4-10,13,19,25-26H,11-12H2,1-3H3/b20-18+/t19-/m1/s1. The summed E-state index contributed by atoms with van der Waals surface area (Å²) >= 11 is 0. The number of phenolic OH excluding ortho intramolecular Hbond substituents is 1. The summed E-state index contributed by atoms with van der Waals surface area (Å²) in [7, 11) is 0.596. The summed E-state index contributed by atoms with van der Waals surface area (Å²) in [6.07, 6.45) is 0. The Morgan fingerprint density at radius 2 is 1.78 bits per heavy atom. The number of ether oxygens (including phenoxy) is 1. The Morgan fingerprint density at radius 3 is 2.34 bits per heavy atom. The van der Waals surface area contributed by atoms with Crippen LogP contribution in [0.3, 0.4) is 0 Å². The second-order valence-electron chi connectivity index (χ2n) is 7.39. The highest BCUT2D eigenvalue weighted by atomic mass is 32.2. The second kappa shape index (κ2) is 9.11. The summed E-state index contributed by atoms with van der Waals surface area (Å²) in [6.45, 7) is 0.262. The number of carbonyl (C=O) groups is 2. The minimum absolute atomic E-state index is 0.0177. The molecule has 1 aliphatic heterocycles. The number of amides is 1. The minimum Gasteiger partial charge on any atom is -0.508 e. The average molecular weight is 461 g/mol. The number of likely N-dealkylation sites (tertiary alicyclic amines) is 1. The first kappa shape index (κ1) is 23.5. The Balaban J connectivity index is 2.13. The number of carbonyl (C=O) groups excluding carboxylic acids is 2. The van der Waals surface area contributed by atoms with Crippen LogP contribution in [-0.4, -0.2) is 73.9 Å². The zero-order valence-electron chi connectivity index (χ0n) is 17.8. The van der Waals surface area contributed by atoms with Crippen LogP contribution in [0.4, 0.5) is 0 Å². The molecule has 170 valence electrons. The largest absolute Gasteiger partial charge is 0.508 e. The summed E-state index contributed by atoms with van der Waals surface area (Å²) in [5, 5.41) is 20.9. The fraction of sp³-hybridized carbons (Fsp3) is 0.273. The Morgan fingerprint density at radius 1 is 1.12 bits per heavy atom. The number of methoxy groups -OCH3 is 1. The third kappa shape index (κ3) is 4.24. The van der Waals surface area contributed by atoms with Gasteiger partial charge in [-0.3, -0.25) is 9.59 Å². The van der Waals surface area contributed by atoms with Crippen LogP contribution >= 0.6 is 0 Å². The molecule has 9 nitrogen and oxygen atoms in total. The summed E-state index contributed by atoms with van der Waals surface area (Å²) in [5.74, 6) is -2.18. The van der Waals surface area contributed by atoms with E-state index < -0.39 is 33.5 Å². The van der Waals surface area contributed by atoms with Crippen molar-refractivity contribution >= 4 is 27.5 Å². The number of benzene rings is 2. The lowest BCUT2D eigenvalue weighted by Gasteiger charge is -2.25. The first-order chi connectivity index (χ1) is 15.1. The number of hydrogen-bond donors (Lipinski definition) is 2. The Kier molecular flexibility index (Phi) is 6.68. The van der Waals surface area contributed by atoms with Gasteiger partial charge in [-0.05, 0) is 42.0 Å². The van der Waals surface area contributed by atoms with Crippen LogP contribution < -0.4 is 0 Å². The van der Waals surface area contributed by atoms with E-state index in [0.29, 0.717) is 5.56 Å². The van der Waals surface area contributed by atoms with Gasteiger partial charge in [0, 0.05) is 33.3 Å². The van der Waals surface area contributed by atoms with Gasteiger partial charge in [0.05, 0.1) is 23.1 Å². The molecule has 0 radical (unpaired) electrons. The van der Waals surface area contributed by atoms with Gasteiger partial charge < -0.3 is 19.8 Å². The third-order valence-electron chi connectivity index (χ3n) is 5.17. The number of nitrogens with zero attached hydrogens (tertiary/aromatic N) is 2. The molecule has 1 atom stereocenters. The highest BCUT2D eigenvalue weighted by Gasteiger charge is 2.46. The lowest BCUT2D eigenvalue weighted by molar-refractivity contribution is -0.140. The molecule has 1 amide bonds. The maximum atomic E-state index is 12.9. The maximum Gasteiger partial charge on any atom is 0.295 e. The summed E-state index contributed by atoms with van der Waals surface area (Å²) in [5.41, 5.74) is 0.464. The van der Waals surface area contributed by atoms with Gasteiger partial charge in [0.25, 0.3) is 11.7 Å². The topological polar surface area (TPSA) is 124 Å². The van der Waals surface area contributed by atoms with Crippen LogP contribution in [0.25, 0.3) is 5.76 Å². The Labute approximate surface area is 186 Å². The molecule has 32 heavy (non-hydrogen) atoms. The van der Waals surface area contributed by atoms with E-state index in [1.807, 2.05) is 0 Å². The van der Waals surface area contributed by atoms with E-state index >= 15 is 0 Å². The van der Waals surface area contributed by atoms with Crippen LogP contribution in [0.5, 0.6) is 5.75 Å². The van der Waals surface area contributed by atoms with Gasteiger partial charge >= 0.3 is 0 Å². The van der Waals surface area contributed by atoms with E-state index in [1.165, 1.54) is 62.5 Å². The average Bonchev–Trinajstić information content (AvgIpc) is 3.02. The van der Waals surface area contributed by atoms with Crippen LogP contribution in [0, 0.1) is 0 Å². The van der Waals surface area contributed by atoms with Crippen LogP contribution in [0.1, 0.15) is 17.2 Å². The molecule has 0 aromatic heterocycles. The fourth-order valence-corrected chi connectivity index (χ4v) is 4.39. The molecule has 1 aliphatic rings. The number of hydrogen-bond acceptors (Lipinski definition) is 7. The lowest BCUT2D eigenvalue weighted by atomic mass is 9.95. The molecule has 1 fully saturated rings. The predicted octanol–water partition coefficient (Wildman–Crippen LogP) is 1.71. The number of aliphatic hydroxyl groups excluding tert-OH is 1. The van der Waals surface area contributed by atoms with Crippen LogP contribution in [0.15, 0.2) is 59.0 Å². The molecule has 0 aliphatic carbocycles. The van der Waals surface area contributed by atoms with E-state index in [9.17, 15) is 28.2 Å². The van der Waals surface area contributed by atoms with E-state index in [-0.39, 0.29) is 34.9 Å². The Hall–Kier alpha value is -3.21. The fourth-order valence-electron chi connectivity index (χ4n) is 3.49. The number of aromatic hydroxyl groups is 1. The number of sulfonamides is 1. The molecule has 10 heteroatoms. The first-order valence-corrected chi connectivity index (χ1v) is 11.1. The molecule has 2 aromatic carbocycles. The minimum atomic E-state index is -3.67. The van der Waals surface area contributed by atoms with Crippen molar-refractivity contribution in [2.24, 2.45) is 0 Å². The first-order valence-electron chi connectivity index (χ1n) is 9.68. The van der Waals surface area contributed by atoms with Gasteiger partial charge in [-0.1, -0.05) is 12.1 Å². The van der Waals surface area contributed by atoms with Crippen molar-refractivity contribution in [3.63, 3.8) is 0 Å². The summed E-state index contributed by atoms with van der Waals surface area (Å²) in [4.78, 5) is 26.9. The van der Waals surface area contributed by atoms with Crippen LogP contribution in [0.2, 0.25) is 0 Å². The molecular formula is C22H24N2O7S. The second-order valence-corrected chi connectivity index (χ2v) is 9.54. The monoisotopic (exact) mass is 460 g/mol. The molecule has 2 N–H and O–H groups in total. The molecule has 0 spiro atoms. The molecule has 1 saturated heterocycles. The van der Waals surface area contributed by atoms with E-state index in [1.54, 1.807) is 12.1 Å². The number of Topliss-reactive ketones (excluding diaryl/α,β-unsaturated/α-hetero) is 1. The SMILES string of the molecule is COCCN1C(=O)C(=O)/C(=C(/O)c2ccc(S(=O)(=O)N(C)C)cc2)[C@H]1c1cccc(O)c1.